The molecular formula is C26H38N4O4. The van der Waals surface area contributed by atoms with Gasteiger partial charge in [-0.25, -0.2) is 10.9 Å². The first kappa shape index (κ1) is 27.1. The molecule has 34 heavy (non-hydrogen) atoms. The maximum Gasteiger partial charge on any atom is 0.269 e. The molecule has 0 saturated heterocycles. The Kier molecular flexibility index (Phi) is 13.2. The highest BCUT2D eigenvalue weighted by Crippen LogP contribution is 2.15. The number of benzene rings is 2. The number of phenols is 2. The van der Waals surface area contributed by atoms with Crippen molar-refractivity contribution in [1.29, 1.82) is 0 Å². The lowest BCUT2D eigenvalue weighted by Gasteiger charge is -2.08. The minimum absolute atomic E-state index is 0.0207. The monoisotopic (exact) mass is 470 g/mol. The molecular weight excluding hydrogens is 432 g/mol. The zero-order valence-electron chi connectivity index (χ0n) is 19.8. The van der Waals surface area contributed by atoms with E-state index in [1.54, 1.807) is 36.4 Å². The van der Waals surface area contributed by atoms with E-state index >= 15 is 0 Å². The molecule has 2 aromatic rings. The summed E-state index contributed by atoms with van der Waals surface area (Å²) >= 11 is 0. The maximum absolute atomic E-state index is 11.9. The summed E-state index contributed by atoms with van der Waals surface area (Å²) in [5, 5.41) is 19.3. The van der Waals surface area contributed by atoms with Gasteiger partial charge in [0.1, 0.15) is 11.5 Å². The van der Waals surface area contributed by atoms with Gasteiger partial charge >= 0.3 is 0 Å². The number of carbonyl (C=O) groups excluding carboxylic acids is 2. The van der Waals surface area contributed by atoms with Gasteiger partial charge in [-0.15, -0.1) is 0 Å². The molecule has 2 aromatic carbocycles. The van der Waals surface area contributed by atoms with Crippen molar-refractivity contribution in [2.75, 3.05) is 13.1 Å². The third kappa shape index (κ3) is 10.7. The first-order valence-electron chi connectivity index (χ1n) is 12.2. The fourth-order valence-corrected chi connectivity index (χ4v) is 3.59. The summed E-state index contributed by atoms with van der Waals surface area (Å²) in [6.45, 7) is 1.42. The zero-order chi connectivity index (χ0) is 24.4. The molecule has 8 heteroatoms. The summed E-state index contributed by atoms with van der Waals surface area (Å²) in [4.78, 5) is 23.9. The van der Waals surface area contributed by atoms with Gasteiger partial charge in [0, 0.05) is 13.1 Å². The van der Waals surface area contributed by atoms with E-state index in [0.717, 1.165) is 25.7 Å². The second-order valence-corrected chi connectivity index (χ2v) is 8.33. The number of aromatic hydroxyl groups is 2. The van der Waals surface area contributed by atoms with Crippen molar-refractivity contribution >= 4 is 11.8 Å². The van der Waals surface area contributed by atoms with Gasteiger partial charge in [0.25, 0.3) is 11.8 Å². The number of phenolic OH excluding ortho intramolecular Hbond substituents is 2. The van der Waals surface area contributed by atoms with E-state index in [4.69, 9.17) is 0 Å². The summed E-state index contributed by atoms with van der Waals surface area (Å²) in [6.07, 6.45) is 11.6. The van der Waals surface area contributed by atoms with Crippen molar-refractivity contribution < 1.29 is 19.8 Å². The Hall–Kier alpha value is -3.10. The molecule has 0 unspecified atom stereocenters. The number of hydrogen-bond donors (Lipinski definition) is 6. The van der Waals surface area contributed by atoms with Gasteiger partial charge < -0.3 is 10.2 Å². The van der Waals surface area contributed by atoms with Gasteiger partial charge in [0.05, 0.1) is 11.1 Å². The van der Waals surface area contributed by atoms with Gasteiger partial charge in [-0.2, -0.15) is 0 Å². The van der Waals surface area contributed by atoms with E-state index in [9.17, 15) is 19.8 Å². The molecule has 6 N–H and O–H groups in total. The van der Waals surface area contributed by atoms with Crippen LogP contribution in [0.4, 0.5) is 0 Å². The molecule has 0 atom stereocenters. The molecule has 186 valence electrons. The standard InChI is InChI=1S/C26H38N4O4/c31-23-17-11-9-15-21(23)25(33)29-27-19-13-7-5-3-1-2-4-6-8-14-20-28-30-26(34)22-16-10-12-18-24(22)32/h9-12,15-18,27-28,31-32H,1-8,13-14,19-20H2,(H,29,33)(H,30,34). The summed E-state index contributed by atoms with van der Waals surface area (Å²) in [7, 11) is 0. The predicted octanol–water partition coefficient (Wildman–Crippen LogP) is 4.17. The first-order chi connectivity index (χ1) is 16.6. The van der Waals surface area contributed by atoms with Crippen LogP contribution in [0, 0.1) is 0 Å². The highest BCUT2D eigenvalue weighted by Gasteiger charge is 2.09. The Balaban J connectivity index is 1.32. The number of nitrogens with one attached hydrogen (secondary N) is 4. The fraction of sp³-hybridized carbons (Fsp3) is 0.462. The Morgan fingerprint density at radius 1 is 0.529 bits per heavy atom. The Morgan fingerprint density at radius 2 is 0.853 bits per heavy atom. The normalized spacial score (nSPS) is 10.7. The highest BCUT2D eigenvalue weighted by atomic mass is 16.3. The summed E-state index contributed by atoms with van der Waals surface area (Å²) in [5.41, 5.74) is 11.6. The van der Waals surface area contributed by atoms with Crippen LogP contribution < -0.4 is 21.7 Å². The van der Waals surface area contributed by atoms with Crippen molar-refractivity contribution in [2.24, 2.45) is 0 Å². The van der Waals surface area contributed by atoms with Gasteiger partial charge in [-0.1, -0.05) is 75.6 Å². The number of carbonyl (C=O) groups is 2. The van der Waals surface area contributed by atoms with Crippen LogP contribution in [0.15, 0.2) is 48.5 Å². The number of rotatable bonds is 17. The van der Waals surface area contributed by atoms with Crippen molar-refractivity contribution in [2.45, 2.75) is 64.2 Å². The van der Waals surface area contributed by atoms with Crippen LogP contribution in [-0.4, -0.2) is 35.1 Å². The number of para-hydroxylation sites is 2. The number of amides is 2. The minimum Gasteiger partial charge on any atom is -0.507 e. The van der Waals surface area contributed by atoms with E-state index in [1.807, 2.05) is 0 Å². The molecule has 0 spiro atoms. The zero-order valence-corrected chi connectivity index (χ0v) is 19.8. The SMILES string of the molecule is O=C(NNCCCCCCCCCCCCNNC(=O)c1ccccc1O)c1ccccc1O. The number of hydrogen-bond acceptors (Lipinski definition) is 6. The first-order valence-corrected chi connectivity index (χ1v) is 12.2. The largest absolute Gasteiger partial charge is 0.507 e. The molecule has 0 bridgehead atoms. The number of unbranched alkanes of at least 4 members (excludes halogenated alkanes) is 9. The predicted molar refractivity (Wildman–Crippen MR) is 133 cm³/mol. The lowest BCUT2D eigenvalue weighted by molar-refractivity contribution is 0.0922. The molecule has 2 amide bonds. The van der Waals surface area contributed by atoms with Gasteiger partial charge in [0.15, 0.2) is 0 Å². The molecule has 0 aliphatic heterocycles. The third-order valence-electron chi connectivity index (χ3n) is 5.55. The van der Waals surface area contributed by atoms with E-state index in [-0.39, 0.29) is 34.4 Å². The number of hydrazine groups is 2. The van der Waals surface area contributed by atoms with Gasteiger partial charge in [-0.05, 0) is 37.1 Å². The molecule has 0 aliphatic rings. The quantitative estimate of drug-likeness (QED) is 0.152. The molecule has 0 aliphatic carbocycles. The van der Waals surface area contributed by atoms with Crippen LogP contribution in [0.25, 0.3) is 0 Å². The summed E-state index contributed by atoms with van der Waals surface area (Å²) in [5.74, 6) is -0.697. The summed E-state index contributed by atoms with van der Waals surface area (Å²) in [6, 6.07) is 13.0. The van der Waals surface area contributed by atoms with Crippen LogP contribution >= 0.6 is 0 Å². The molecule has 8 nitrogen and oxygen atoms in total. The lowest BCUT2D eigenvalue weighted by atomic mass is 10.1. The highest BCUT2D eigenvalue weighted by molar-refractivity contribution is 5.96. The average molecular weight is 471 g/mol. The van der Waals surface area contributed by atoms with E-state index in [0.29, 0.717) is 13.1 Å². The Labute approximate surface area is 202 Å². The topological polar surface area (TPSA) is 123 Å². The Bertz CT molecular complexity index is 804. The van der Waals surface area contributed by atoms with Crippen LogP contribution in [0.3, 0.4) is 0 Å². The smallest absolute Gasteiger partial charge is 0.269 e. The van der Waals surface area contributed by atoms with E-state index in [1.165, 1.54) is 50.7 Å². The van der Waals surface area contributed by atoms with Crippen LogP contribution in [0.2, 0.25) is 0 Å². The van der Waals surface area contributed by atoms with E-state index < -0.39 is 0 Å². The van der Waals surface area contributed by atoms with E-state index in [2.05, 4.69) is 21.7 Å². The van der Waals surface area contributed by atoms with Crippen molar-refractivity contribution in [1.82, 2.24) is 21.7 Å². The third-order valence-corrected chi connectivity index (χ3v) is 5.55. The van der Waals surface area contributed by atoms with Crippen molar-refractivity contribution in [3.05, 3.63) is 59.7 Å². The van der Waals surface area contributed by atoms with Crippen molar-refractivity contribution in [3.8, 4) is 11.5 Å². The lowest BCUT2D eigenvalue weighted by Crippen LogP contribution is -2.37. The molecule has 0 heterocycles. The van der Waals surface area contributed by atoms with Gasteiger partial charge in [0.2, 0.25) is 0 Å². The molecule has 0 saturated carbocycles. The Morgan fingerprint density at radius 3 is 1.21 bits per heavy atom. The molecule has 0 radical (unpaired) electrons. The maximum atomic E-state index is 11.9. The van der Waals surface area contributed by atoms with Crippen LogP contribution in [-0.2, 0) is 0 Å². The van der Waals surface area contributed by atoms with Crippen LogP contribution in [0.5, 0.6) is 11.5 Å². The molecule has 0 fully saturated rings. The molecule has 2 rings (SSSR count). The fourth-order valence-electron chi connectivity index (χ4n) is 3.59. The second-order valence-electron chi connectivity index (χ2n) is 8.33. The van der Waals surface area contributed by atoms with Crippen molar-refractivity contribution in [3.63, 3.8) is 0 Å². The average Bonchev–Trinajstić information content (AvgIpc) is 2.84. The van der Waals surface area contributed by atoms with Gasteiger partial charge in [-0.3, -0.25) is 20.4 Å². The van der Waals surface area contributed by atoms with Crippen LogP contribution in [0.1, 0.15) is 84.9 Å². The second kappa shape index (κ2) is 16.5. The minimum atomic E-state index is -0.328. The summed E-state index contributed by atoms with van der Waals surface area (Å²) < 4.78 is 0. The molecule has 0 aromatic heterocycles.